The van der Waals surface area contributed by atoms with Crippen LogP contribution in [0.25, 0.3) is 10.2 Å². The van der Waals surface area contributed by atoms with E-state index in [-0.39, 0.29) is 35.5 Å². The molecule has 0 unspecified atom stereocenters. The Morgan fingerprint density at radius 1 is 1.08 bits per heavy atom. The number of amides is 3. The van der Waals surface area contributed by atoms with Crippen molar-refractivity contribution in [3.8, 4) is 0 Å². The molecule has 12 heteroatoms. The summed E-state index contributed by atoms with van der Waals surface area (Å²) in [4.78, 5) is 47.9. The van der Waals surface area contributed by atoms with Gasteiger partial charge in [-0.05, 0) is 30.3 Å². The molecule has 2 aromatic carbocycles. The zero-order valence-corrected chi connectivity index (χ0v) is 21.9. The summed E-state index contributed by atoms with van der Waals surface area (Å²) in [6, 6.07) is 11.4. The first-order chi connectivity index (χ1) is 17.7. The van der Waals surface area contributed by atoms with Crippen LogP contribution in [0.1, 0.15) is 23.2 Å². The molecule has 0 spiro atoms. The molecule has 194 valence electrons. The molecule has 37 heavy (non-hydrogen) atoms. The molecule has 3 aromatic rings. The predicted octanol–water partition coefficient (Wildman–Crippen LogP) is 2.33. The van der Waals surface area contributed by atoms with Gasteiger partial charge in [-0.25, -0.2) is 13.4 Å². The number of carbonyl (C=O) groups excluding carboxylic acids is 3. The predicted molar refractivity (Wildman–Crippen MR) is 140 cm³/mol. The van der Waals surface area contributed by atoms with Crippen molar-refractivity contribution in [2.24, 2.45) is 0 Å². The van der Waals surface area contributed by atoms with Crippen molar-refractivity contribution in [2.45, 2.75) is 17.7 Å². The van der Waals surface area contributed by atoms with E-state index in [0.29, 0.717) is 52.9 Å². The van der Waals surface area contributed by atoms with E-state index in [9.17, 15) is 22.8 Å². The van der Waals surface area contributed by atoms with E-state index in [2.05, 4.69) is 9.88 Å². The largest absolute Gasteiger partial charge is 0.379 e. The Balaban J connectivity index is 1.51. The van der Waals surface area contributed by atoms with Gasteiger partial charge in [-0.3, -0.25) is 29.1 Å². The van der Waals surface area contributed by atoms with Crippen LogP contribution in [0.4, 0.5) is 10.8 Å². The quantitative estimate of drug-likeness (QED) is 0.418. The second kappa shape index (κ2) is 10.3. The number of thiazole rings is 1. The highest BCUT2D eigenvalue weighted by Gasteiger charge is 2.31. The first kappa shape index (κ1) is 25.5. The maximum absolute atomic E-state index is 13.8. The molecule has 0 atom stereocenters. The highest BCUT2D eigenvalue weighted by atomic mass is 32.2. The Bertz CT molecular complexity index is 1460. The highest BCUT2D eigenvalue weighted by Crippen LogP contribution is 2.34. The Labute approximate surface area is 218 Å². The fourth-order valence-electron chi connectivity index (χ4n) is 4.47. The van der Waals surface area contributed by atoms with E-state index in [1.54, 1.807) is 41.3 Å². The minimum absolute atomic E-state index is 0.112. The van der Waals surface area contributed by atoms with Crippen LogP contribution >= 0.6 is 11.3 Å². The average molecular weight is 543 g/mol. The summed E-state index contributed by atoms with van der Waals surface area (Å²) < 4.78 is 30.8. The number of para-hydroxylation sites is 1. The Hall–Kier alpha value is -3.19. The van der Waals surface area contributed by atoms with Crippen molar-refractivity contribution in [3.63, 3.8) is 0 Å². The molecular weight excluding hydrogens is 516 g/mol. The van der Waals surface area contributed by atoms with E-state index >= 15 is 0 Å². The van der Waals surface area contributed by atoms with Gasteiger partial charge in [0.1, 0.15) is 5.52 Å². The van der Waals surface area contributed by atoms with E-state index in [1.165, 1.54) is 17.4 Å². The molecule has 2 aliphatic heterocycles. The van der Waals surface area contributed by atoms with Crippen LogP contribution in [-0.2, 0) is 24.2 Å². The first-order valence-corrected chi connectivity index (χ1v) is 14.6. The monoisotopic (exact) mass is 542 g/mol. The van der Waals surface area contributed by atoms with Gasteiger partial charge in [0.15, 0.2) is 15.0 Å². The van der Waals surface area contributed by atoms with E-state index in [0.717, 1.165) is 24.2 Å². The molecular formula is C25H26N4O6S2. The van der Waals surface area contributed by atoms with E-state index in [4.69, 9.17) is 4.74 Å². The number of morpholine rings is 1. The number of nitrogens with zero attached hydrogens (tertiary/aromatic N) is 4. The number of anilines is 2. The normalized spacial score (nSPS) is 17.1. The standard InChI is InChI=1S/C25H26N4O6S2/c1-37(33,34)20-7-3-6-19-23(20)26-25(36-19)28(11-10-27-12-14-35-15-13-27)24(32)17-4-2-5-18(16-17)29-21(30)8-9-22(29)31/h2-7,16H,8-15H2,1H3. The molecule has 2 aliphatic rings. The number of aromatic nitrogens is 1. The maximum Gasteiger partial charge on any atom is 0.260 e. The number of sulfone groups is 1. The topological polar surface area (TPSA) is 117 Å². The fourth-order valence-corrected chi connectivity index (χ4v) is 6.39. The van der Waals surface area contributed by atoms with Crippen molar-refractivity contribution < 1.29 is 27.5 Å². The average Bonchev–Trinajstić information content (AvgIpc) is 3.46. The number of hydrogen-bond acceptors (Lipinski definition) is 9. The SMILES string of the molecule is CS(=O)(=O)c1cccc2sc(N(CCN3CCOCC3)C(=O)c3cccc(N4C(=O)CCC4=O)c3)nc12. The lowest BCUT2D eigenvalue weighted by Gasteiger charge is -2.29. The third-order valence-corrected chi connectivity index (χ3v) is 8.56. The summed E-state index contributed by atoms with van der Waals surface area (Å²) in [6.45, 7) is 3.62. The highest BCUT2D eigenvalue weighted by molar-refractivity contribution is 7.91. The summed E-state index contributed by atoms with van der Waals surface area (Å²) in [5.74, 6) is -0.939. The molecule has 2 fully saturated rings. The summed E-state index contributed by atoms with van der Waals surface area (Å²) >= 11 is 1.24. The molecule has 3 amide bonds. The summed E-state index contributed by atoms with van der Waals surface area (Å²) in [5.41, 5.74) is 0.987. The molecule has 0 saturated carbocycles. The van der Waals surface area contributed by atoms with Crippen molar-refractivity contribution in [2.75, 3.05) is 55.4 Å². The second-order valence-electron chi connectivity index (χ2n) is 8.96. The molecule has 1 aromatic heterocycles. The Kier molecular flexibility index (Phi) is 7.08. The van der Waals surface area contributed by atoms with Gasteiger partial charge in [0.2, 0.25) is 11.8 Å². The molecule has 3 heterocycles. The molecule has 2 saturated heterocycles. The molecule has 10 nitrogen and oxygen atoms in total. The van der Waals surface area contributed by atoms with Gasteiger partial charge < -0.3 is 4.74 Å². The van der Waals surface area contributed by atoms with Crippen LogP contribution in [0.5, 0.6) is 0 Å². The maximum atomic E-state index is 13.8. The summed E-state index contributed by atoms with van der Waals surface area (Å²) in [6.07, 6.45) is 1.43. The summed E-state index contributed by atoms with van der Waals surface area (Å²) in [5, 5.41) is 0.378. The molecule has 0 bridgehead atoms. The molecule has 0 radical (unpaired) electrons. The van der Waals surface area contributed by atoms with Crippen LogP contribution in [0.3, 0.4) is 0 Å². The third kappa shape index (κ3) is 5.28. The van der Waals surface area contributed by atoms with Crippen LogP contribution in [0.2, 0.25) is 0 Å². The molecule has 0 aliphatic carbocycles. The van der Waals surface area contributed by atoms with Gasteiger partial charge in [-0.1, -0.05) is 23.5 Å². The van der Waals surface area contributed by atoms with Gasteiger partial charge in [-0.2, -0.15) is 0 Å². The lowest BCUT2D eigenvalue weighted by Crippen LogP contribution is -2.43. The van der Waals surface area contributed by atoms with Gasteiger partial charge in [0.25, 0.3) is 5.91 Å². The number of rotatable bonds is 7. The van der Waals surface area contributed by atoms with Crippen LogP contribution in [0, 0.1) is 0 Å². The van der Waals surface area contributed by atoms with Gasteiger partial charge in [0.05, 0.1) is 28.5 Å². The minimum atomic E-state index is -3.52. The van der Waals surface area contributed by atoms with Crippen LogP contribution in [-0.4, -0.2) is 81.7 Å². The zero-order valence-electron chi connectivity index (χ0n) is 20.3. The van der Waals surface area contributed by atoms with E-state index in [1.807, 2.05) is 0 Å². The van der Waals surface area contributed by atoms with Gasteiger partial charge in [0, 0.05) is 50.8 Å². The van der Waals surface area contributed by atoms with Gasteiger partial charge >= 0.3 is 0 Å². The zero-order chi connectivity index (χ0) is 26.2. The first-order valence-electron chi connectivity index (χ1n) is 11.9. The van der Waals surface area contributed by atoms with Crippen molar-refractivity contribution in [3.05, 3.63) is 48.0 Å². The summed E-state index contributed by atoms with van der Waals surface area (Å²) in [7, 11) is -3.52. The fraction of sp³-hybridized carbons (Fsp3) is 0.360. The number of fused-ring (bicyclic) bond motifs is 1. The number of benzene rings is 2. The Morgan fingerprint density at radius 2 is 1.78 bits per heavy atom. The Morgan fingerprint density at radius 3 is 2.49 bits per heavy atom. The van der Waals surface area contributed by atoms with Crippen molar-refractivity contribution in [1.29, 1.82) is 0 Å². The molecule has 5 rings (SSSR count). The second-order valence-corrected chi connectivity index (χ2v) is 11.9. The van der Waals surface area contributed by atoms with Crippen molar-refractivity contribution >= 4 is 59.9 Å². The van der Waals surface area contributed by atoms with Crippen LogP contribution in [0.15, 0.2) is 47.4 Å². The third-order valence-electron chi connectivity index (χ3n) is 6.39. The number of carbonyl (C=O) groups is 3. The smallest absolute Gasteiger partial charge is 0.260 e. The number of hydrogen-bond donors (Lipinski definition) is 0. The number of imide groups is 1. The van der Waals surface area contributed by atoms with Gasteiger partial charge in [-0.15, -0.1) is 0 Å². The molecule has 0 N–H and O–H groups in total. The lowest BCUT2D eigenvalue weighted by atomic mass is 10.1. The van der Waals surface area contributed by atoms with Crippen molar-refractivity contribution in [1.82, 2.24) is 9.88 Å². The minimum Gasteiger partial charge on any atom is -0.379 e. The number of ether oxygens (including phenoxy) is 1. The van der Waals surface area contributed by atoms with Crippen LogP contribution < -0.4 is 9.80 Å². The van der Waals surface area contributed by atoms with E-state index < -0.39 is 9.84 Å². The lowest BCUT2D eigenvalue weighted by molar-refractivity contribution is -0.121.